The van der Waals surface area contributed by atoms with Crippen molar-refractivity contribution in [1.29, 1.82) is 0 Å². The molecule has 0 radical (unpaired) electrons. The molecule has 7 aromatic carbocycles. The predicted molar refractivity (Wildman–Crippen MR) is 234 cm³/mol. The van der Waals surface area contributed by atoms with E-state index in [-0.39, 0.29) is 45.2 Å². The van der Waals surface area contributed by atoms with E-state index < -0.39 is 0 Å². The summed E-state index contributed by atoms with van der Waals surface area (Å²) in [6, 6.07) is 60.8. The summed E-state index contributed by atoms with van der Waals surface area (Å²) in [5.74, 6) is 1.48. The molecule has 0 bridgehead atoms. The summed E-state index contributed by atoms with van der Waals surface area (Å²) in [7, 11) is 0. The molecule has 0 N–H and O–H groups in total. The van der Waals surface area contributed by atoms with E-state index in [4.69, 9.17) is 7.48 Å². The van der Waals surface area contributed by atoms with Gasteiger partial charge in [0.15, 0.2) is 0 Å². The maximum absolute atomic E-state index is 9.23. The molecule has 10 rings (SSSR count). The summed E-state index contributed by atoms with van der Waals surface area (Å²) in [5.41, 5.74) is 10.4. The zero-order valence-electron chi connectivity index (χ0n) is 34.9. The third-order valence-corrected chi connectivity index (χ3v) is 10.3. The Kier molecular flexibility index (Phi) is 9.20. The fourth-order valence-electron chi connectivity index (χ4n) is 7.85. The van der Waals surface area contributed by atoms with Crippen LogP contribution in [-0.4, -0.2) is 9.55 Å². The second kappa shape index (κ2) is 15.8. The molecule has 0 fully saturated rings. The van der Waals surface area contributed by atoms with E-state index in [1.165, 1.54) is 0 Å². The first-order chi connectivity index (χ1) is 29.3. The second-order valence-electron chi connectivity index (χ2n) is 14.6. The zero-order chi connectivity index (χ0) is 40.9. The van der Waals surface area contributed by atoms with Crippen molar-refractivity contribution in [3.63, 3.8) is 0 Å². The van der Waals surface area contributed by atoms with Gasteiger partial charge in [-0.25, -0.2) is 4.98 Å². The number of rotatable bonds is 9. The predicted octanol–water partition coefficient (Wildman–Crippen LogP) is 13.5. The van der Waals surface area contributed by atoms with E-state index in [1.807, 2.05) is 71.3 Å². The van der Waals surface area contributed by atoms with Crippen LogP contribution in [0.1, 0.15) is 23.5 Å². The Labute approximate surface area is 358 Å². The number of pyridine rings is 1. The minimum Gasteiger partial charge on any atom is -0.509 e. The third kappa shape index (κ3) is 6.86. The topological polar surface area (TPSA) is 33.5 Å². The molecule has 6 heteroatoms. The molecule has 9 aromatic rings. The Bertz CT molecular complexity index is 3010. The minimum atomic E-state index is -0.153. The molecule has 3 heterocycles. The minimum absolute atomic E-state index is 0. The average Bonchev–Trinajstić information content (AvgIpc) is 3.83. The van der Waals surface area contributed by atoms with Crippen molar-refractivity contribution in [2.24, 2.45) is 5.92 Å². The van der Waals surface area contributed by atoms with Crippen LogP contribution >= 0.6 is 0 Å². The van der Waals surface area contributed by atoms with Crippen LogP contribution in [0.4, 0.5) is 22.7 Å². The molecule has 0 atom stereocenters. The van der Waals surface area contributed by atoms with Gasteiger partial charge in [0, 0.05) is 72.4 Å². The maximum Gasteiger partial charge on any atom is 0.135 e. The summed E-state index contributed by atoms with van der Waals surface area (Å²) in [6.07, 6.45) is 0.352. The molecule has 0 unspecified atom stereocenters. The summed E-state index contributed by atoms with van der Waals surface area (Å²) < 4.78 is 34.9. The summed E-state index contributed by atoms with van der Waals surface area (Å²) in [6.45, 7) is 6.23. The van der Waals surface area contributed by atoms with E-state index >= 15 is 0 Å². The molecule has 2 aromatic heterocycles. The Morgan fingerprint density at radius 3 is 2.02 bits per heavy atom. The Morgan fingerprint density at radius 2 is 1.29 bits per heavy atom. The second-order valence-corrected chi connectivity index (χ2v) is 14.6. The quantitative estimate of drug-likeness (QED) is 0.135. The standard InChI is InChI=1S/C52H39N4O.Pt/c1-36(2)31-37-29-30-53-51(32-37)56-47-24-10-9-21-45(47)46-28-27-42(34-50(46)56)57-41-20-13-19-40(33-41)54-35-55(49-26-12-11-25-48(49)54)52-43(38-15-5-3-6-16-38)22-14-23-44(52)39-17-7-4-8-18-39;/h3-30,32,35-36H,31H2,1-2H3;/q-3;/i29D,30D,32D;. The average molecular weight is 934 g/mol. The molecule has 0 amide bonds. The number of para-hydroxylation sites is 4. The first-order valence-electron chi connectivity index (χ1n) is 20.7. The van der Waals surface area contributed by atoms with E-state index in [0.717, 1.165) is 61.3 Å². The normalized spacial score (nSPS) is 13.0. The number of ether oxygens (including phenoxy) is 1. The molecule has 0 spiro atoms. The molecule has 0 aliphatic carbocycles. The van der Waals surface area contributed by atoms with Crippen LogP contribution in [0.25, 0.3) is 49.9 Å². The number of hydrogen-bond acceptors (Lipinski definition) is 4. The van der Waals surface area contributed by atoms with Crippen LogP contribution in [0.5, 0.6) is 11.5 Å². The van der Waals surface area contributed by atoms with Gasteiger partial charge in [0.2, 0.25) is 0 Å². The van der Waals surface area contributed by atoms with E-state index in [2.05, 4.69) is 138 Å². The van der Waals surface area contributed by atoms with Gasteiger partial charge in [0.25, 0.3) is 0 Å². The third-order valence-electron chi connectivity index (χ3n) is 10.3. The van der Waals surface area contributed by atoms with Gasteiger partial charge in [-0.05, 0) is 64.7 Å². The van der Waals surface area contributed by atoms with Gasteiger partial charge in [0.05, 0.1) is 4.11 Å². The number of fused-ring (bicyclic) bond motifs is 4. The van der Waals surface area contributed by atoms with Crippen molar-refractivity contribution in [2.75, 3.05) is 9.80 Å². The van der Waals surface area contributed by atoms with Crippen LogP contribution in [0.3, 0.4) is 0 Å². The number of anilines is 4. The molecule has 0 saturated heterocycles. The van der Waals surface area contributed by atoms with Crippen LogP contribution < -0.4 is 14.5 Å². The molecule has 0 saturated carbocycles. The monoisotopic (exact) mass is 933 g/mol. The molecule has 286 valence electrons. The Morgan fingerprint density at radius 1 is 0.655 bits per heavy atom. The van der Waals surface area contributed by atoms with Gasteiger partial charge in [-0.1, -0.05) is 129 Å². The van der Waals surface area contributed by atoms with Gasteiger partial charge in [-0.2, -0.15) is 12.1 Å². The van der Waals surface area contributed by atoms with Crippen molar-refractivity contribution in [1.82, 2.24) is 9.55 Å². The fraction of sp³-hybridized carbons (Fsp3) is 0.0769. The molecule has 1 aliphatic rings. The number of nitrogens with zero attached hydrogens (tertiary/aromatic N) is 4. The van der Waals surface area contributed by atoms with Crippen LogP contribution in [-0.2, 0) is 27.5 Å². The van der Waals surface area contributed by atoms with Gasteiger partial charge in [-0.15, -0.1) is 48.1 Å². The van der Waals surface area contributed by atoms with Gasteiger partial charge < -0.3 is 19.1 Å². The first kappa shape index (κ1) is 33.7. The van der Waals surface area contributed by atoms with Crippen molar-refractivity contribution < 1.29 is 29.9 Å². The van der Waals surface area contributed by atoms with Crippen LogP contribution in [0, 0.1) is 24.7 Å². The Balaban J connectivity index is 0.00000476. The fourth-order valence-corrected chi connectivity index (χ4v) is 7.85. The van der Waals surface area contributed by atoms with Crippen molar-refractivity contribution in [3.05, 3.63) is 200 Å². The smallest absolute Gasteiger partial charge is 0.135 e. The largest absolute Gasteiger partial charge is 0.509 e. The molecule has 1 aliphatic heterocycles. The maximum atomic E-state index is 9.23. The van der Waals surface area contributed by atoms with E-state index in [1.54, 1.807) is 0 Å². The molecule has 5 nitrogen and oxygen atoms in total. The van der Waals surface area contributed by atoms with Crippen LogP contribution in [0.2, 0.25) is 0 Å². The van der Waals surface area contributed by atoms with Crippen molar-refractivity contribution in [2.45, 2.75) is 20.3 Å². The number of benzene rings is 7. The van der Waals surface area contributed by atoms with Gasteiger partial charge in [0.1, 0.15) is 5.82 Å². The van der Waals surface area contributed by atoms with Gasteiger partial charge >= 0.3 is 0 Å². The summed E-state index contributed by atoms with van der Waals surface area (Å²) >= 11 is 0. The molecule has 58 heavy (non-hydrogen) atoms. The van der Waals surface area contributed by atoms with E-state index in [9.17, 15) is 1.37 Å². The molecular weight excluding hydrogens is 892 g/mol. The zero-order valence-corrected chi connectivity index (χ0v) is 34.2. The number of aromatic nitrogens is 2. The summed E-state index contributed by atoms with van der Waals surface area (Å²) in [5, 5.41) is 1.88. The first-order valence-corrected chi connectivity index (χ1v) is 19.2. The van der Waals surface area contributed by atoms with E-state index in [0.29, 0.717) is 34.8 Å². The van der Waals surface area contributed by atoms with Crippen molar-refractivity contribution >= 4 is 44.6 Å². The van der Waals surface area contributed by atoms with Crippen molar-refractivity contribution in [3.8, 4) is 39.6 Å². The van der Waals surface area contributed by atoms with Gasteiger partial charge in [-0.3, -0.25) is 0 Å². The summed E-state index contributed by atoms with van der Waals surface area (Å²) in [4.78, 5) is 8.94. The SMILES string of the molecule is [2H]c1nc(-n2c3[c-]c(Oc4[c-]c(N5[CH-]N(c6c(-c7ccccc7)cccc6-c6ccccc6)c6ccccc65)ccc4)ccc3c3ccccc32)c([2H])c(CC(C)C)c1[2H].[Pt]. The number of hydrogen-bond donors (Lipinski definition) is 0. The van der Waals surface area contributed by atoms with Crippen LogP contribution in [0.15, 0.2) is 176 Å². The Hall–Kier alpha value is -6.42. The molecular formula is C52H39N4OPt-3.